The lowest BCUT2D eigenvalue weighted by Gasteiger charge is -2.28. The lowest BCUT2D eigenvalue weighted by molar-refractivity contribution is 0.0279. The highest BCUT2D eigenvalue weighted by atomic mass is 35.5. The van der Waals surface area contributed by atoms with Crippen LogP contribution >= 0.6 is 11.6 Å². The van der Waals surface area contributed by atoms with Crippen LogP contribution in [-0.2, 0) is 35.7 Å². The summed E-state index contributed by atoms with van der Waals surface area (Å²) >= 11 is 5.81. The molecule has 1 atom stereocenters. The van der Waals surface area contributed by atoms with E-state index in [4.69, 9.17) is 21.1 Å². The summed E-state index contributed by atoms with van der Waals surface area (Å²) in [5, 5.41) is 11.0. The zero-order valence-electron chi connectivity index (χ0n) is 37.3. The third-order valence-electron chi connectivity index (χ3n) is 9.32. The van der Waals surface area contributed by atoms with Crippen LogP contribution in [0.3, 0.4) is 0 Å². The van der Waals surface area contributed by atoms with Crippen LogP contribution in [0.2, 0.25) is 5.15 Å². The molecule has 2 amide bonds. The first-order chi connectivity index (χ1) is 30.2. The van der Waals surface area contributed by atoms with Crippen LogP contribution in [0, 0.1) is 30.9 Å². The molecule has 0 saturated heterocycles. The first kappa shape index (κ1) is 49.8. The summed E-state index contributed by atoms with van der Waals surface area (Å²) in [6.07, 6.45) is 1.66. The molecule has 0 aliphatic carbocycles. The molecule has 65 heavy (non-hydrogen) atoms. The number of sulfone groups is 2. The van der Waals surface area contributed by atoms with Crippen molar-refractivity contribution in [3.05, 3.63) is 131 Å². The van der Waals surface area contributed by atoms with Gasteiger partial charge in [0.1, 0.15) is 28.1 Å². The van der Waals surface area contributed by atoms with Crippen molar-refractivity contribution < 1.29 is 44.7 Å². The van der Waals surface area contributed by atoms with Crippen LogP contribution in [-0.4, -0.2) is 83.1 Å². The van der Waals surface area contributed by atoms with Gasteiger partial charge < -0.3 is 19.7 Å². The number of alkyl carbamates (subject to hydrolysis) is 1. The molecule has 21 heteroatoms. The van der Waals surface area contributed by atoms with Crippen molar-refractivity contribution in [3.8, 4) is 11.4 Å². The number of pyridine rings is 2. The van der Waals surface area contributed by atoms with Crippen molar-refractivity contribution in [1.29, 1.82) is 0 Å². The minimum Gasteiger partial charge on any atom is -0.444 e. The number of carbonyl (C=O) groups excluding carboxylic acids is 2. The van der Waals surface area contributed by atoms with E-state index in [0.717, 1.165) is 10.9 Å². The number of amides is 2. The van der Waals surface area contributed by atoms with Crippen LogP contribution in [0.25, 0.3) is 11.4 Å². The Balaban J connectivity index is 0.000000244. The highest BCUT2D eigenvalue weighted by Crippen LogP contribution is 2.38. The van der Waals surface area contributed by atoms with E-state index in [9.17, 15) is 35.2 Å². The van der Waals surface area contributed by atoms with Crippen molar-refractivity contribution in [2.24, 2.45) is 5.41 Å². The van der Waals surface area contributed by atoms with Gasteiger partial charge in [-0.15, -0.1) is 0 Å². The zero-order chi connectivity index (χ0) is 48.2. The molecule has 6 aromatic rings. The molecule has 0 aliphatic heterocycles. The van der Waals surface area contributed by atoms with Crippen LogP contribution in [0.15, 0.2) is 111 Å². The second kappa shape index (κ2) is 19.5. The van der Waals surface area contributed by atoms with E-state index in [2.05, 4.69) is 25.5 Å². The van der Waals surface area contributed by atoms with E-state index >= 15 is 0 Å². The summed E-state index contributed by atoms with van der Waals surface area (Å²) in [5.74, 6) is -1.09. The third kappa shape index (κ3) is 11.9. The Morgan fingerprint density at radius 3 is 1.85 bits per heavy atom. The molecule has 1 unspecified atom stereocenters. The fourth-order valence-electron chi connectivity index (χ4n) is 6.11. The largest absolute Gasteiger partial charge is 0.444 e. The van der Waals surface area contributed by atoms with E-state index in [-0.39, 0.29) is 48.6 Å². The monoisotopic (exact) mass is 954 g/mol. The Labute approximate surface area is 381 Å². The molecule has 0 saturated carbocycles. The van der Waals surface area contributed by atoms with Gasteiger partial charge in [-0.1, -0.05) is 44.5 Å². The van der Waals surface area contributed by atoms with Crippen molar-refractivity contribution in [2.75, 3.05) is 14.1 Å². The van der Waals surface area contributed by atoms with Crippen LogP contribution < -0.4 is 5.32 Å². The molecule has 1 N–H and O–H groups in total. The molecule has 0 aliphatic rings. The Hall–Kier alpha value is -6.25. The van der Waals surface area contributed by atoms with E-state index in [1.165, 1.54) is 103 Å². The molecule has 0 bridgehead atoms. The van der Waals surface area contributed by atoms with Gasteiger partial charge in [-0.3, -0.25) is 4.98 Å². The molecule has 0 fully saturated rings. The number of carbonyl (C=O) groups is 2. The molecule has 2 aromatic carbocycles. The van der Waals surface area contributed by atoms with E-state index in [1.54, 1.807) is 40.7 Å². The molecule has 4 aromatic heterocycles. The maximum absolute atomic E-state index is 14.1. The molecule has 0 radical (unpaired) electrons. The standard InChI is InChI=1S/C22H24ClFN4O4S.C22H25FN4O4S/c1-13-6-7-14(24)10-17(13)28-19(33(30,31)15-8-9-18(23)26-12-15)11-16(27-28)20(22(2,3)4)32-21(29)25-5;1-15-8-9-16(23)11-19(15)27-20(32(29,30)18-7-6-10-24-13-18)12-17(25-27)14-26(5)21(28)31-22(2,3)4/h6-12,20H,1-5H3,(H,25,29);6-13H,14H2,1-5H3. The van der Waals surface area contributed by atoms with Gasteiger partial charge in [-0.25, -0.2) is 49.6 Å². The predicted octanol–water partition coefficient (Wildman–Crippen LogP) is 8.56. The van der Waals surface area contributed by atoms with Crippen molar-refractivity contribution in [2.45, 2.75) is 93.5 Å². The zero-order valence-corrected chi connectivity index (χ0v) is 39.7. The van der Waals surface area contributed by atoms with Gasteiger partial charge in [0.25, 0.3) is 0 Å². The minimum absolute atomic E-state index is 0.00810. The summed E-state index contributed by atoms with van der Waals surface area (Å²) < 4.78 is 95.1. The topological polar surface area (TPSA) is 198 Å². The van der Waals surface area contributed by atoms with Gasteiger partial charge in [0, 0.05) is 50.2 Å². The smallest absolute Gasteiger partial charge is 0.410 e. The Morgan fingerprint density at radius 2 is 1.35 bits per heavy atom. The summed E-state index contributed by atoms with van der Waals surface area (Å²) in [6.45, 7) is 14.1. The minimum atomic E-state index is -4.16. The maximum Gasteiger partial charge on any atom is 0.410 e. The Kier molecular flexibility index (Phi) is 14.9. The maximum atomic E-state index is 14.1. The van der Waals surface area contributed by atoms with Crippen molar-refractivity contribution in [3.63, 3.8) is 0 Å². The highest BCUT2D eigenvalue weighted by Gasteiger charge is 2.36. The number of benzene rings is 2. The lowest BCUT2D eigenvalue weighted by Crippen LogP contribution is -2.33. The molecule has 16 nitrogen and oxygen atoms in total. The molecular formula is C44H49ClF2N8O8S2. The average molecular weight is 956 g/mol. The third-order valence-corrected chi connectivity index (χ3v) is 12.9. The average Bonchev–Trinajstić information content (AvgIpc) is 3.87. The first-order valence-electron chi connectivity index (χ1n) is 19.8. The number of aromatic nitrogens is 6. The highest BCUT2D eigenvalue weighted by molar-refractivity contribution is 7.91. The summed E-state index contributed by atoms with van der Waals surface area (Å²) in [4.78, 5) is 33.2. The normalized spacial score (nSPS) is 12.4. The van der Waals surface area contributed by atoms with Crippen LogP contribution in [0.1, 0.15) is 70.2 Å². The lowest BCUT2D eigenvalue weighted by atomic mass is 9.87. The molecule has 4 heterocycles. The van der Waals surface area contributed by atoms with Gasteiger partial charge in [0.05, 0.1) is 33.4 Å². The quantitative estimate of drug-likeness (QED) is 0.129. The molecule has 6 rings (SSSR count). The molecular weight excluding hydrogens is 906 g/mol. The van der Waals surface area contributed by atoms with E-state index in [1.807, 2.05) is 20.8 Å². The number of hydrogen-bond acceptors (Lipinski definition) is 12. The number of aryl methyl sites for hydroxylation is 2. The predicted molar refractivity (Wildman–Crippen MR) is 236 cm³/mol. The fourth-order valence-corrected chi connectivity index (χ4v) is 8.90. The van der Waals surface area contributed by atoms with Gasteiger partial charge in [0.2, 0.25) is 19.7 Å². The second-order valence-corrected chi connectivity index (χ2v) is 21.0. The Bertz CT molecular complexity index is 2920. The van der Waals surface area contributed by atoms with Gasteiger partial charge >= 0.3 is 12.2 Å². The fraction of sp³-hybridized carbons (Fsp3) is 0.318. The number of nitrogens with one attached hydrogen (secondary N) is 1. The van der Waals surface area contributed by atoms with Crippen LogP contribution in [0.4, 0.5) is 18.4 Å². The summed E-state index contributed by atoms with van der Waals surface area (Å²) in [5.41, 5.74) is 0.900. The number of halogens is 3. The number of rotatable bonds is 10. The van der Waals surface area contributed by atoms with E-state index < -0.39 is 60.6 Å². The second-order valence-electron chi connectivity index (χ2n) is 16.8. The van der Waals surface area contributed by atoms with Crippen molar-refractivity contribution >= 4 is 43.5 Å². The first-order valence-corrected chi connectivity index (χ1v) is 23.1. The molecule has 0 spiro atoms. The molecule has 346 valence electrons. The van der Waals surface area contributed by atoms with Crippen molar-refractivity contribution in [1.82, 2.24) is 39.7 Å². The summed E-state index contributed by atoms with van der Waals surface area (Å²) in [7, 11) is -5.25. The number of ether oxygens (including phenoxy) is 2. The Morgan fingerprint density at radius 1 is 0.800 bits per heavy atom. The number of nitrogens with zero attached hydrogens (tertiary/aromatic N) is 7. The van der Waals surface area contributed by atoms with Crippen LogP contribution in [0.5, 0.6) is 0 Å². The summed E-state index contributed by atoms with van der Waals surface area (Å²) in [6, 6.07) is 16.3. The van der Waals surface area contributed by atoms with Gasteiger partial charge in [-0.05, 0) is 94.3 Å². The van der Waals surface area contributed by atoms with E-state index in [0.29, 0.717) is 16.8 Å². The SMILES string of the molecule is CNC(=O)OC(c1cc(S(=O)(=O)c2ccc(Cl)nc2)n(-c2cc(F)ccc2C)n1)C(C)(C)C.Cc1ccc(F)cc1-n1nc(CN(C)C(=O)OC(C)(C)C)cc1S(=O)(=O)c1cccnc1. The van der Waals surface area contributed by atoms with Gasteiger partial charge in [0.15, 0.2) is 16.2 Å². The number of hydrogen-bond donors (Lipinski definition) is 1. The van der Waals surface area contributed by atoms with Gasteiger partial charge in [-0.2, -0.15) is 10.2 Å².